The van der Waals surface area contributed by atoms with Gasteiger partial charge in [-0.15, -0.1) is 0 Å². The molecule has 1 aliphatic heterocycles. The summed E-state index contributed by atoms with van der Waals surface area (Å²) in [5, 5.41) is 18.0. The van der Waals surface area contributed by atoms with Gasteiger partial charge < -0.3 is 0 Å². The van der Waals surface area contributed by atoms with Crippen molar-refractivity contribution >= 4 is 0 Å². The molecule has 0 aliphatic carbocycles. The van der Waals surface area contributed by atoms with Crippen LogP contribution in [0.4, 0.5) is 0 Å². The van der Waals surface area contributed by atoms with Crippen molar-refractivity contribution in [1.29, 1.82) is 10.5 Å². The third-order valence-electron chi connectivity index (χ3n) is 3.93. The van der Waals surface area contributed by atoms with Crippen molar-refractivity contribution in [1.82, 2.24) is 9.80 Å². The van der Waals surface area contributed by atoms with Crippen LogP contribution in [0.1, 0.15) is 25.0 Å². The van der Waals surface area contributed by atoms with Crippen LogP contribution in [0, 0.1) is 22.7 Å². The Bertz CT molecular complexity index is 525. The van der Waals surface area contributed by atoms with Gasteiger partial charge in [-0.1, -0.05) is 12.1 Å². The fraction of sp³-hybridized carbons (Fsp3) is 0.500. The quantitative estimate of drug-likeness (QED) is 0.841. The minimum Gasteiger partial charge on any atom is -0.297 e. The zero-order chi connectivity index (χ0) is 14.6. The Labute approximate surface area is 120 Å². The average Bonchev–Trinajstić information content (AvgIpc) is 2.48. The molecule has 0 amide bonds. The molecule has 1 saturated heterocycles. The van der Waals surface area contributed by atoms with E-state index < -0.39 is 0 Å². The summed E-state index contributed by atoms with van der Waals surface area (Å²) in [6.07, 6.45) is 0. The lowest BCUT2D eigenvalue weighted by molar-refractivity contribution is 0.0764. The van der Waals surface area contributed by atoms with E-state index >= 15 is 0 Å². The van der Waals surface area contributed by atoms with Crippen LogP contribution < -0.4 is 0 Å². The summed E-state index contributed by atoms with van der Waals surface area (Å²) >= 11 is 0. The molecular weight excluding hydrogens is 248 g/mol. The van der Waals surface area contributed by atoms with Crippen LogP contribution in [0.3, 0.4) is 0 Å². The predicted octanol–water partition coefficient (Wildman–Crippen LogP) is 1.98. The fourth-order valence-electron chi connectivity index (χ4n) is 2.48. The summed E-state index contributed by atoms with van der Waals surface area (Å²) in [7, 11) is 0. The molecule has 0 atom stereocenters. The molecule has 0 bridgehead atoms. The number of piperazine rings is 1. The zero-order valence-electron chi connectivity index (χ0n) is 12.1. The lowest BCUT2D eigenvalue weighted by Gasteiger charge is -2.40. The van der Waals surface area contributed by atoms with Gasteiger partial charge in [-0.3, -0.25) is 9.80 Å². The van der Waals surface area contributed by atoms with Gasteiger partial charge >= 0.3 is 0 Å². The number of hydrogen-bond donors (Lipinski definition) is 0. The van der Waals surface area contributed by atoms with Crippen molar-refractivity contribution in [2.75, 3.05) is 26.2 Å². The third-order valence-corrected chi connectivity index (χ3v) is 3.93. The molecule has 0 spiro atoms. The topological polar surface area (TPSA) is 54.1 Å². The van der Waals surface area contributed by atoms with E-state index in [0.717, 1.165) is 32.7 Å². The first-order valence-corrected chi connectivity index (χ1v) is 6.93. The van der Waals surface area contributed by atoms with E-state index in [1.165, 1.54) is 5.56 Å². The summed E-state index contributed by atoms with van der Waals surface area (Å²) in [6, 6.07) is 12.3. The van der Waals surface area contributed by atoms with Crippen LogP contribution in [0.5, 0.6) is 0 Å². The Morgan fingerprint density at radius 1 is 1.05 bits per heavy atom. The van der Waals surface area contributed by atoms with Crippen molar-refractivity contribution in [2.45, 2.75) is 25.9 Å². The van der Waals surface area contributed by atoms with E-state index in [1.54, 1.807) is 0 Å². The van der Waals surface area contributed by atoms with Crippen molar-refractivity contribution in [3.63, 3.8) is 0 Å². The SMILES string of the molecule is CC(C)(C#N)N1CCN(Cc2ccc(C#N)cc2)CC1. The molecule has 20 heavy (non-hydrogen) atoms. The van der Waals surface area contributed by atoms with Crippen LogP contribution in [0.2, 0.25) is 0 Å². The van der Waals surface area contributed by atoms with Crippen molar-refractivity contribution in [3.8, 4) is 12.1 Å². The first-order valence-electron chi connectivity index (χ1n) is 6.93. The van der Waals surface area contributed by atoms with Gasteiger partial charge in [0, 0.05) is 32.7 Å². The highest BCUT2D eigenvalue weighted by molar-refractivity contribution is 5.31. The largest absolute Gasteiger partial charge is 0.297 e. The van der Waals surface area contributed by atoms with Crippen molar-refractivity contribution in [3.05, 3.63) is 35.4 Å². The van der Waals surface area contributed by atoms with Crippen LogP contribution in [0.15, 0.2) is 24.3 Å². The third kappa shape index (κ3) is 3.36. The maximum absolute atomic E-state index is 9.17. The number of hydrogen-bond acceptors (Lipinski definition) is 4. The first kappa shape index (κ1) is 14.5. The molecule has 0 saturated carbocycles. The fourth-order valence-corrected chi connectivity index (χ4v) is 2.48. The molecule has 104 valence electrons. The highest BCUT2D eigenvalue weighted by Crippen LogP contribution is 2.17. The minimum absolute atomic E-state index is 0.374. The first-order chi connectivity index (χ1) is 9.55. The molecule has 0 aromatic heterocycles. The van der Waals surface area contributed by atoms with E-state index in [9.17, 15) is 0 Å². The molecule has 0 unspecified atom stereocenters. The van der Waals surface area contributed by atoms with E-state index in [-0.39, 0.29) is 5.54 Å². The Kier molecular flexibility index (Phi) is 4.39. The van der Waals surface area contributed by atoms with Gasteiger partial charge in [0.2, 0.25) is 0 Å². The van der Waals surface area contributed by atoms with Gasteiger partial charge in [-0.2, -0.15) is 10.5 Å². The lowest BCUT2D eigenvalue weighted by Crippen LogP contribution is -2.53. The normalized spacial score (nSPS) is 17.4. The van der Waals surface area contributed by atoms with E-state index in [2.05, 4.69) is 21.9 Å². The average molecular weight is 268 g/mol. The Morgan fingerprint density at radius 2 is 1.65 bits per heavy atom. The van der Waals surface area contributed by atoms with Crippen LogP contribution >= 0.6 is 0 Å². The molecule has 1 aromatic carbocycles. The zero-order valence-corrected chi connectivity index (χ0v) is 12.1. The molecule has 4 heteroatoms. The molecule has 1 aliphatic rings. The van der Waals surface area contributed by atoms with E-state index in [4.69, 9.17) is 10.5 Å². The standard InChI is InChI=1S/C16H20N4/c1-16(2,13-18)20-9-7-19(8-10-20)12-15-5-3-14(11-17)4-6-15/h3-6H,7-10,12H2,1-2H3. The van der Waals surface area contributed by atoms with E-state index in [0.29, 0.717) is 5.56 Å². The molecule has 0 N–H and O–H groups in total. The van der Waals surface area contributed by atoms with Gasteiger partial charge in [-0.05, 0) is 31.5 Å². The van der Waals surface area contributed by atoms with Crippen molar-refractivity contribution < 1.29 is 0 Å². The summed E-state index contributed by atoms with van der Waals surface area (Å²) < 4.78 is 0. The number of rotatable bonds is 3. The monoisotopic (exact) mass is 268 g/mol. The highest BCUT2D eigenvalue weighted by atomic mass is 15.3. The molecule has 0 radical (unpaired) electrons. The molecule has 4 nitrogen and oxygen atoms in total. The maximum atomic E-state index is 9.17. The predicted molar refractivity (Wildman–Crippen MR) is 77.7 cm³/mol. The van der Waals surface area contributed by atoms with Gasteiger partial charge in [0.25, 0.3) is 0 Å². The number of benzene rings is 1. The number of nitriles is 2. The molecule has 1 fully saturated rings. The second-order valence-corrected chi connectivity index (χ2v) is 5.74. The van der Waals surface area contributed by atoms with Gasteiger partial charge in [0.05, 0.1) is 17.7 Å². The highest BCUT2D eigenvalue weighted by Gasteiger charge is 2.29. The second-order valence-electron chi connectivity index (χ2n) is 5.74. The molecule has 1 heterocycles. The smallest absolute Gasteiger partial charge is 0.103 e. The van der Waals surface area contributed by atoms with Crippen molar-refractivity contribution in [2.24, 2.45) is 0 Å². The summed E-state index contributed by atoms with van der Waals surface area (Å²) in [4.78, 5) is 4.63. The van der Waals surface area contributed by atoms with Gasteiger partial charge in [0.1, 0.15) is 5.54 Å². The molecular formula is C16H20N4. The van der Waals surface area contributed by atoms with Gasteiger partial charge in [-0.25, -0.2) is 0 Å². The van der Waals surface area contributed by atoms with Crippen LogP contribution in [-0.2, 0) is 6.54 Å². The molecule has 2 rings (SSSR count). The summed E-state index contributed by atoms with van der Waals surface area (Å²) in [5.74, 6) is 0. The Morgan fingerprint density at radius 3 is 2.15 bits per heavy atom. The van der Waals surface area contributed by atoms with E-state index in [1.807, 2.05) is 38.1 Å². The molecule has 1 aromatic rings. The maximum Gasteiger partial charge on any atom is 0.103 e. The lowest BCUT2D eigenvalue weighted by atomic mass is 10.0. The Balaban J connectivity index is 1.88. The van der Waals surface area contributed by atoms with Crippen LogP contribution in [0.25, 0.3) is 0 Å². The summed E-state index contributed by atoms with van der Waals surface area (Å²) in [6.45, 7) is 8.67. The van der Waals surface area contributed by atoms with Gasteiger partial charge in [0.15, 0.2) is 0 Å². The number of nitrogens with zero attached hydrogens (tertiary/aromatic N) is 4. The Hall–Kier alpha value is -1.88. The van der Waals surface area contributed by atoms with Crippen LogP contribution in [-0.4, -0.2) is 41.5 Å². The summed E-state index contributed by atoms with van der Waals surface area (Å²) in [5.41, 5.74) is 1.56. The second kappa shape index (κ2) is 6.05. The minimum atomic E-state index is -0.374.